The molecule has 0 saturated heterocycles. The highest BCUT2D eigenvalue weighted by Gasteiger charge is 2.26. The Kier molecular flexibility index (Phi) is 97.2. The van der Waals surface area contributed by atoms with E-state index in [-0.39, 0.29) is 0 Å². The second-order valence-corrected chi connectivity index (χ2v) is 37.7. The number of rotatable bonds is 52. The van der Waals surface area contributed by atoms with E-state index in [0.717, 1.165) is 17.8 Å². The van der Waals surface area contributed by atoms with Gasteiger partial charge in [0.2, 0.25) is 0 Å². The van der Waals surface area contributed by atoms with Gasteiger partial charge in [0.05, 0.1) is 30.4 Å². The Morgan fingerprint density at radius 3 is 0.559 bits per heavy atom. The van der Waals surface area contributed by atoms with Crippen LogP contribution in [0, 0.1) is 17.8 Å². The van der Waals surface area contributed by atoms with E-state index >= 15 is 0 Å². The Labute approximate surface area is 735 Å². The SMILES string of the molecule is CC.CC.CC.CCCCCCCCC(C)(CCCCCC)c1ccc2ccccc2c1.CCCCCCCCCCCCCCC(C)C.CCCCCCCCCCCCCCC(C)C.CCCCCCCCCCCCCCC(C)C.CS(=O)(=O)[O-].CS(=O)(=O)[O-].CS(=O)(=O)[O-].c1ccc2ccccc2c1.c1ccc2ccccc2c1. The fourth-order valence-electron chi connectivity index (χ4n) is 13.7. The van der Waals surface area contributed by atoms with Gasteiger partial charge < -0.3 is 13.7 Å². The van der Waals surface area contributed by atoms with Crippen LogP contribution < -0.4 is 0 Å². The zero-order valence-electron chi connectivity index (χ0n) is 81.0. The summed E-state index contributed by atoms with van der Waals surface area (Å²) >= 11 is 0. The smallest absolute Gasteiger partial charge is 0.0916 e. The number of hydrogen-bond donors (Lipinski definition) is 0. The number of fused-ring (bicyclic) bond motifs is 3. The van der Waals surface area contributed by atoms with Crippen molar-refractivity contribution >= 4 is 62.7 Å². The summed E-state index contributed by atoms with van der Waals surface area (Å²) in [6.07, 6.45) is 75.2. The largest absolute Gasteiger partial charge is 0.748 e. The summed E-state index contributed by atoms with van der Waals surface area (Å²) in [4.78, 5) is 0. The topological polar surface area (TPSA) is 172 Å². The molecule has 6 rings (SSSR count). The summed E-state index contributed by atoms with van der Waals surface area (Å²) < 4.78 is 81.7. The lowest BCUT2D eigenvalue weighted by molar-refractivity contribution is 0.363. The molecule has 0 aliphatic heterocycles. The number of hydrogen-bond acceptors (Lipinski definition) is 9. The lowest BCUT2D eigenvalue weighted by Gasteiger charge is -2.31. The summed E-state index contributed by atoms with van der Waals surface area (Å²) in [6, 6.07) is 49.4. The summed E-state index contributed by atoms with van der Waals surface area (Å²) in [6.45, 7) is 40.0. The molecule has 0 radical (unpaired) electrons. The van der Waals surface area contributed by atoms with Crippen LogP contribution in [0.25, 0.3) is 32.3 Å². The third-order valence-electron chi connectivity index (χ3n) is 20.3. The molecule has 0 amide bonds. The van der Waals surface area contributed by atoms with Crippen LogP contribution in [0.3, 0.4) is 0 Å². The predicted molar refractivity (Wildman–Crippen MR) is 528 cm³/mol. The van der Waals surface area contributed by atoms with Crippen molar-refractivity contribution < 1.29 is 38.9 Å². The first-order chi connectivity index (χ1) is 56.4. The first-order valence-corrected chi connectivity index (χ1v) is 54.0. The van der Waals surface area contributed by atoms with Gasteiger partial charge in [0.15, 0.2) is 0 Å². The highest BCUT2D eigenvalue weighted by atomic mass is 32.2. The van der Waals surface area contributed by atoms with Crippen LogP contribution in [0.1, 0.15) is 458 Å². The first-order valence-electron chi connectivity index (χ1n) is 48.5. The Morgan fingerprint density at radius 1 is 0.237 bits per heavy atom. The molecule has 0 aliphatic carbocycles. The molecule has 0 fully saturated rings. The lowest BCUT2D eigenvalue weighted by atomic mass is 9.73. The average molecular weight is 1710 g/mol. The van der Waals surface area contributed by atoms with Crippen LogP contribution in [-0.2, 0) is 35.8 Å². The van der Waals surface area contributed by atoms with E-state index in [1.807, 2.05) is 41.5 Å². The van der Waals surface area contributed by atoms with E-state index in [9.17, 15) is 0 Å². The molecule has 0 bridgehead atoms. The molecule has 0 aliphatic rings. The third kappa shape index (κ3) is 102. The van der Waals surface area contributed by atoms with Gasteiger partial charge in [0.25, 0.3) is 0 Å². The summed E-state index contributed by atoms with van der Waals surface area (Å²) in [5.74, 6) is 2.70. The molecule has 0 aromatic heterocycles. The number of benzene rings is 6. The van der Waals surface area contributed by atoms with Crippen molar-refractivity contribution in [1.82, 2.24) is 0 Å². The quantitative estimate of drug-likeness (QED) is 0.0266. The lowest BCUT2D eigenvalue weighted by Crippen LogP contribution is -2.22. The van der Waals surface area contributed by atoms with Gasteiger partial charge in [-0.2, -0.15) is 0 Å². The molecular formula is C106H191O9S3-3. The summed E-state index contributed by atoms with van der Waals surface area (Å²) in [7, 11) is -11.8. The van der Waals surface area contributed by atoms with E-state index in [1.54, 1.807) is 5.56 Å². The Hall–Kier alpha value is -4.17. The molecule has 0 spiro atoms. The summed E-state index contributed by atoms with van der Waals surface area (Å²) in [5, 5.41) is 8.00. The molecule has 1 unspecified atom stereocenters. The number of unbranched alkanes of at least 4 members (excludes halogenated alkanes) is 41. The highest BCUT2D eigenvalue weighted by molar-refractivity contribution is 7.85. The fourth-order valence-corrected chi connectivity index (χ4v) is 13.7. The minimum absolute atomic E-state index is 0.336. The van der Waals surface area contributed by atoms with Crippen LogP contribution in [-0.4, -0.2) is 57.7 Å². The van der Waals surface area contributed by atoms with E-state index < -0.39 is 30.4 Å². The molecule has 9 nitrogen and oxygen atoms in total. The van der Waals surface area contributed by atoms with Crippen molar-refractivity contribution in [3.05, 3.63) is 145 Å². The van der Waals surface area contributed by atoms with Crippen LogP contribution in [0.5, 0.6) is 0 Å². The molecule has 690 valence electrons. The molecule has 6 aromatic rings. The average Bonchev–Trinajstić information content (AvgIpc) is 0.803. The minimum Gasteiger partial charge on any atom is -0.748 e. The van der Waals surface area contributed by atoms with Crippen LogP contribution in [0.4, 0.5) is 0 Å². The van der Waals surface area contributed by atoms with Gasteiger partial charge in [-0.1, -0.05) is 579 Å². The first kappa shape index (κ1) is 125. The molecule has 6 aromatic carbocycles. The standard InChI is InChI=1S/C26H40.3C17H36.2C10H8.3C2H6.3CH4O3S/c1-4-6-8-10-11-15-21-26(3,20-14-9-7-5-2)25-19-18-23-16-12-13-17-24(23)22-25;3*1-4-5-6-7-8-9-10-11-12-13-14-15-16-17(2)3;2*1-2-6-10-8-4-3-7-9(10)5-1;3*1-2;3*1-5(2,3)4/h12-13,16-19,22H,4-11,14-15,20-21H2,1-3H3;3*17H,4-16H2,1-3H3;2*1-8H;3*1-2H3;3*1H3,(H,2,3,4)/p-3. The van der Waals surface area contributed by atoms with E-state index in [0.29, 0.717) is 24.2 Å². The monoisotopic (exact) mass is 1700 g/mol. The van der Waals surface area contributed by atoms with Crippen LogP contribution in [0.15, 0.2) is 140 Å². The van der Waals surface area contributed by atoms with Gasteiger partial charge in [-0.05, 0) is 73.9 Å². The minimum atomic E-state index is -3.92. The predicted octanol–water partition coefficient (Wildman–Crippen LogP) is 35.3. The van der Waals surface area contributed by atoms with Gasteiger partial charge in [-0.15, -0.1) is 0 Å². The van der Waals surface area contributed by atoms with E-state index in [1.165, 1.54) is 360 Å². The molecule has 0 heterocycles. The van der Waals surface area contributed by atoms with Crippen molar-refractivity contribution in [2.45, 2.75) is 458 Å². The Morgan fingerprint density at radius 2 is 0.381 bits per heavy atom. The molecule has 0 N–H and O–H groups in total. The molecule has 0 saturated carbocycles. The van der Waals surface area contributed by atoms with Crippen molar-refractivity contribution in [3.63, 3.8) is 0 Å². The normalized spacial score (nSPS) is 11.2. The second-order valence-electron chi connectivity index (χ2n) is 33.5. The van der Waals surface area contributed by atoms with Gasteiger partial charge in [-0.3, -0.25) is 0 Å². The molecule has 12 heteroatoms. The molecule has 118 heavy (non-hydrogen) atoms. The Bertz CT molecular complexity index is 2950. The molecule has 1 atom stereocenters. The fraction of sp³-hybridized carbons (Fsp3) is 0.717. The van der Waals surface area contributed by atoms with Crippen LogP contribution >= 0.6 is 0 Å². The van der Waals surface area contributed by atoms with E-state index in [4.69, 9.17) is 38.9 Å². The molecular weight excluding hydrogens is 1510 g/mol. The maximum Gasteiger partial charge on any atom is 0.0916 e. The second kappa shape index (κ2) is 92.0. The highest BCUT2D eigenvalue weighted by Crippen LogP contribution is 2.37. The maximum atomic E-state index is 9.08. The Balaban J connectivity index is -0.000000309. The van der Waals surface area contributed by atoms with Gasteiger partial charge in [0, 0.05) is 18.8 Å². The third-order valence-corrected chi connectivity index (χ3v) is 20.3. The van der Waals surface area contributed by atoms with E-state index in [2.05, 4.69) is 223 Å². The van der Waals surface area contributed by atoms with Crippen molar-refractivity contribution in [1.29, 1.82) is 0 Å². The van der Waals surface area contributed by atoms with Crippen molar-refractivity contribution in [3.8, 4) is 0 Å². The maximum absolute atomic E-state index is 9.08. The summed E-state index contributed by atoms with van der Waals surface area (Å²) in [5.41, 5.74) is 1.89. The zero-order valence-corrected chi connectivity index (χ0v) is 83.4. The van der Waals surface area contributed by atoms with Gasteiger partial charge in [-0.25, -0.2) is 25.3 Å². The van der Waals surface area contributed by atoms with Gasteiger partial charge in [0.1, 0.15) is 0 Å². The van der Waals surface area contributed by atoms with Crippen molar-refractivity contribution in [2.75, 3.05) is 18.8 Å². The van der Waals surface area contributed by atoms with Gasteiger partial charge >= 0.3 is 0 Å². The van der Waals surface area contributed by atoms with Crippen LogP contribution in [0.2, 0.25) is 0 Å². The van der Waals surface area contributed by atoms with Crippen molar-refractivity contribution in [2.24, 2.45) is 17.8 Å². The zero-order chi connectivity index (χ0) is 90.1.